The maximum absolute atomic E-state index is 13.4. The number of carbonyl (C=O) groups excluding carboxylic acids is 1. The highest BCUT2D eigenvalue weighted by atomic mass is 16.7. The summed E-state index contributed by atoms with van der Waals surface area (Å²) in [6.45, 7) is 2.86. The number of aliphatic hydroxyl groups excluding tert-OH is 8. The van der Waals surface area contributed by atoms with E-state index in [4.69, 9.17) is 18.9 Å². The van der Waals surface area contributed by atoms with Crippen LogP contribution >= 0.6 is 0 Å². The van der Waals surface area contributed by atoms with Gasteiger partial charge >= 0.3 is 0 Å². The maximum atomic E-state index is 13.4. The largest absolute Gasteiger partial charge is 0.394 e. The van der Waals surface area contributed by atoms with Crippen molar-refractivity contribution in [3.05, 3.63) is 48.6 Å². The molecule has 2 aliphatic rings. The first kappa shape index (κ1) is 99.0. The van der Waals surface area contributed by atoms with E-state index in [1.165, 1.54) is 353 Å². The fourth-order valence-electron chi connectivity index (χ4n) is 15.1. The van der Waals surface area contributed by atoms with Gasteiger partial charge in [0.25, 0.3) is 0 Å². The van der Waals surface area contributed by atoms with Crippen molar-refractivity contribution in [2.75, 3.05) is 19.8 Å². The molecule has 2 rings (SSSR count). The van der Waals surface area contributed by atoms with Crippen LogP contribution in [0.5, 0.6) is 0 Å². The molecule has 14 heteroatoms. The van der Waals surface area contributed by atoms with Crippen LogP contribution in [0.2, 0.25) is 0 Å². The van der Waals surface area contributed by atoms with Gasteiger partial charge in [0.1, 0.15) is 48.8 Å². The number of rotatable bonds is 78. The molecule has 0 saturated carbocycles. The number of amides is 1. The topological polar surface area (TPSA) is 228 Å². The van der Waals surface area contributed by atoms with E-state index in [2.05, 4.69) is 55.6 Å². The molecule has 0 aromatic heterocycles. The van der Waals surface area contributed by atoms with Crippen LogP contribution in [0.15, 0.2) is 48.6 Å². The Morgan fingerprint density at radius 2 is 0.629 bits per heavy atom. The molecule has 618 valence electrons. The highest BCUT2D eigenvalue weighted by molar-refractivity contribution is 5.76. The Morgan fingerprint density at radius 3 is 0.962 bits per heavy atom. The van der Waals surface area contributed by atoms with Crippen LogP contribution in [0.25, 0.3) is 0 Å². The minimum absolute atomic E-state index is 0.230. The third kappa shape index (κ3) is 56.8. The molecule has 0 aromatic rings. The lowest BCUT2D eigenvalue weighted by atomic mass is 9.97. The van der Waals surface area contributed by atoms with E-state index in [1.54, 1.807) is 6.08 Å². The number of hydrogen-bond acceptors (Lipinski definition) is 13. The quantitative estimate of drug-likeness (QED) is 0.0204. The van der Waals surface area contributed by atoms with Gasteiger partial charge in [-0.1, -0.05) is 416 Å². The first-order valence-corrected chi connectivity index (χ1v) is 45.4. The second kappa shape index (κ2) is 74.7. The lowest BCUT2D eigenvalue weighted by Gasteiger charge is -2.46. The highest BCUT2D eigenvalue weighted by Crippen LogP contribution is 2.31. The van der Waals surface area contributed by atoms with Gasteiger partial charge < -0.3 is 65.1 Å². The molecular formula is C91H171NO13. The molecule has 2 heterocycles. The monoisotopic (exact) mass is 1490 g/mol. The van der Waals surface area contributed by atoms with Crippen molar-refractivity contribution < 1.29 is 64.6 Å². The van der Waals surface area contributed by atoms with Crippen LogP contribution < -0.4 is 5.32 Å². The van der Waals surface area contributed by atoms with Gasteiger partial charge in [-0.3, -0.25) is 4.79 Å². The summed E-state index contributed by atoms with van der Waals surface area (Å²) in [6, 6.07) is -0.916. The van der Waals surface area contributed by atoms with E-state index in [0.717, 1.165) is 51.4 Å². The first-order chi connectivity index (χ1) is 51.6. The zero-order valence-electron chi connectivity index (χ0n) is 68.2. The van der Waals surface area contributed by atoms with Crippen molar-refractivity contribution in [3.8, 4) is 0 Å². The van der Waals surface area contributed by atoms with Crippen LogP contribution in [0.3, 0.4) is 0 Å². The Labute approximate surface area is 645 Å². The van der Waals surface area contributed by atoms with Crippen molar-refractivity contribution in [2.24, 2.45) is 0 Å². The molecule has 105 heavy (non-hydrogen) atoms. The zero-order chi connectivity index (χ0) is 75.8. The standard InChI is InChI=1S/C91H171NO13/c1-3-5-7-9-11-13-15-17-19-21-23-25-27-29-31-33-35-37-38-39-40-41-42-43-45-47-49-51-53-55-57-59-61-63-65-67-69-71-73-75-83(96)92-79(78-102-90-88(101)86(99)89(82(77-94)104-90)105-91-87(100)85(98)84(97)81(76-93)103-91)80(95)74-72-70-68-66-64-62-60-58-56-54-52-50-48-46-44-36-34-32-30-28-26-24-22-20-18-16-14-12-10-8-6-4-2/h15,17,21,23,27,29,72,74,79-82,84-91,93-95,97-101H,3-14,16,18-20,22,24-26,28,30-71,73,75-78H2,1-2H3,(H,92,96)/b17-15-,23-21-,29-27-,74-72+. The molecule has 0 aromatic carbocycles. The van der Waals surface area contributed by atoms with E-state index in [9.17, 15) is 45.6 Å². The summed E-state index contributed by atoms with van der Waals surface area (Å²) in [7, 11) is 0. The summed E-state index contributed by atoms with van der Waals surface area (Å²) in [6.07, 6.45) is 85.2. The summed E-state index contributed by atoms with van der Waals surface area (Å²) in [5.74, 6) is -0.230. The fraction of sp³-hybridized carbons (Fsp3) is 0.901. The lowest BCUT2D eigenvalue weighted by Crippen LogP contribution is -2.65. The smallest absolute Gasteiger partial charge is 0.220 e. The van der Waals surface area contributed by atoms with Gasteiger partial charge in [0.15, 0.2) is 12.6 Å². The molecule has 0 bridgehead atoms. The Balaban J connectivity index is 1.56. The van der Waals surface area contributed by atoms with Crippen molar-refractivity contribution in [2.45, 2.75) is 505 Å². The Morgan fingerprint density at radius 1 is 0.343 bits per heavy atom. The molecule has 0 aliphatic carbocycles. The number of hydrogen-bond donors (Lipinski definition) is 9. The summed E-state index contributed by atoms with van der Waals surface area (Å²) in [5.41, 5.74) is 0. The normalized spacial score (nSPS) is 21.5. The van der Waals surface area contributed by atoms with E-state index in [-0.39, 0.29) is 18.9 Å². The molecular weight excluding hydrogens is 1310 g/mol. The number of allylic oxidation sites excluding steroid dienone is 7. The van der Waals surface area contributed by atoms with Gasteiger partial charge in [-0.25, -0.2) is 0 Å². The second-order valence-electron chi connectivity index (χ2n) is 32.1. The summed E-state index contributed by atoms with van der Waals surface area (Å²) < 4.78 is 23.0. The molecule has 2 saturated heterocycles. The molecule has 2 aliphatic heterocycles. The van der Waals surface area contributed by atoms with Crippen molar-refractivity contribution in [1.29, 1.82) is 0 Å². The van der Waals surface area contributed by atoms with Gasteiger partial charge in [0.05, 0.1) is 32.0 Å². The number of aliphatic hydroxyl groups is 8. The van der Waals surface area contributed by atoms with Crippen molar-refractivity contribution in [1.82, 2.24) is 5.32 Å². The van der Waals surface area contributed by atoms with Crippen LogP contribution in [-0.2, 0) is 23.7 Å². The third-order valence-electron chi connectivity index (χ3n) is 22.3. The summed E-state index contributed by atoms with van der Waals surface area (Å²) in [4.78, 5) is 13.4. The molecule has 12 atom stereocenters. The summed E-state index contributed by atoms with van der Waals surface area (Å²) >= 11 is 0. The average molecular weight is 1490 g/mol. The minimum atomic E-state index is -1.79. The Hall–Kier alpha value is -2.05. The van der Waals surface area contributed by atoms with Crippen LogP contribution in [0.4, 0.5) is 0 Å². The molecule has 1 amide bonds. The SMILES string of the molecule is CCCCCCC/C=C\C/C=C\C/C=C\CCCCCCCCCCCCCCCCCCCCCCCCCCC(=O)NC(COC1OC(CO)C(OC2OC(CO)C(O)C(O)C2O)C(O)C1O)C(O)/C=C/CCCCCCCCCCCCCCCCCCCCCCCCCCCCCCCC. The van der Waals surface area contributed by atoms with Gasteiger partial charge in [0, 0.05) is 6.42 Å². The van der Waals surface area contributed by atoms with E-state index >= 15 is 0 Å². The number of nitrogens with one attached hydrogen (secondary N) is 1. The van der Waals surface area contributed by atoms with Crippen LogP contribution in [-0.4, -0.2) is 140 Å². The highest BCUT2D eigenvalue weighted by Gasteiger charge is 2.51. The van der Waals surface area contributed by atoms with Gasteiger partial charge in [-0.05, 0) is 57.8 Å². The zero-order valence-corrected chi connectivity index (χ0v) is 68.2. The van der Waals surface area contributed by atoms with Crippen LogP contribution in [0.1, 0.15) is 431 Å². The molecule has 2 fully saturated rings. The Bertz CT molecular complexity index is 1950. The number of carbonyl (C=O) groups is 1. The lowest BCUT2D eigenvalue weighted by molar-refractivity contribution is -0.359. The number of ether oxygens (including phenoxy) is 4. The van der Waals surface area contributed by atoms with Gasteiger partial charge in [-0.15, -0.1) is 0 Å². The maximum Gasteiger partial charge on any atom is 0.220 e. The van der Waals surface area contributed by atoms with Crippen LogP contribution in [0, 0.1) is 0 Å². The molecule has 14 nitrogen and oxygen atoms in total. The second-order valence-corrected chi connectivity index (χ2v) is 32.1. The summed E-state index contributed by atoms with van der Waals surface area (Å²) in [5, 5.41) is 87.9. The van der Waals surface area contributed by atoms with Gasteiger partial charge in [-0.2, -0.15) is 0 Å². The van der Waals surface area contributed by atoms with Gasteiger partial charge in [0.2, 0.25) is 5.91 Å². The predicted octanol–water partition coefficient (Wildman–Crippen LogP) is 22.1. The molecule has 0 radical (unpaired) electrons. The first-order valence-electron chi connectivity index (χ1n) is 45.4. The van der Waals surface area contributed by atoms with E-state index < -0.39 is 86.8 Å². The van der Waals surface area contributed by atoms with E-state index in [1.807, 2.05) is 6.08 Å². The fourth-order valence-corrected chi connectivity index (χ4v) is 15.1. The molecule has 12 unspecified atom stereocenters. The Kier molecular flexibility index (Phi) is 70.4. The van der Waals surface area contributed by atoms with E-state index in [0.29, 0.717) is 6.42 Å². The molecule has 9 N–H and O–H groups in total. The van der Waals surface area contributed by atoms with Crippen molar-refractivity contribution >= 4 is 5.91 Å². The third-order valence-corrected chi connectivity index (χ3v) is 22.3. The number of unbranched alkanes of at least 4 members (excludes halogenated alkanes) is 59. The minimum Gasteiger partial charge on any atom is -0.394 e. The average Bonchev–Trinajstić information content (AvgIpc) is 0.789. The van der Waals surface area contributed by atoms with Crippen molar-refractivity contribution in [3.63, 3.8) is 0 Å². The predicted molar refractivity (Wildman–Crippen MR) is 438 cm³/mol. The molecule has 0 spiro atoms.